The van der Waals surface area contributed by atoms with Gasteiger partial charge >= 0.3 is 0 Å². The minimum atomic E-state index is -0.276. The maximum Gasteiger partial charge on any atom is 0.253 e. The van der Waals surface area contributed by atoms with Crippen LogP contribution in [0.5, 0.6) is 5.75 Å². The Kier molecular flexibility index (Phi) is 7.32. The van der Waals surface area contributed by atoms with E-state index in [4.69, 9.17) is 16.3 Å². The van der Waals surface area contributed by atoms with Crippen LogP contribution in [-0.4, -0.2) is 31.0 Å². The third kappa shape index (κ3) is 4.99. The highest BCUT2D eigenvalue weighted by atomic mass is 35.5. The summed E-state index contributed by atoms with van der Waals surface area (Å²) in [5.41, 5.74) is 2.64. The van der Waals surface area contributed by atoms with Crippen molar-refractivity contribution in [1.82, 2.24) is 4.90 Å². The molecule has 1 unspecified atom stereocenters. The standard InChI is InChI=1S/C21H26ClNO2/c1-4-6-14-23(5-2)21(24)17-12-10-16(11-13-17)20(22)18-8-7-9-19(15-18)25-3/h7-13,15,20H,4-6,14H2,1-3H3. The van der Waals surface area contributed by atoms with Crippen molar-refractivity contribution in [1.29, 1.82) is 0 Å². The van der Waals surface area contributed by atoms with E-state index in [-0.39, 0.29) is 11.3 Å². The molecule has 0 radical (unpaired) electrons. The second-order valence-corrected chi connectivity index (χ2v) is 6.44. The van der Waals surface area contributed by atoms with E-state index in [0.717, 1.165) is 42.8 Å². The molecule has 0 bridgehead atoms. The fourth-order valence-electron chi connectivity index (χ4n) is 2.72. The van der Waals surface area contributed by atoms with Crippen LogP contribution in [0.1, 0.15) is 53.6 Å². The molecule has 1 amide bonds. The van der Waals surface area contributed by atoms with Crippen LogP contribution in [0.25, 0.3) is 0 Å². The molecule has 0 saturated heterocycles. The van der Waals surface area contributed by atoms with E-state index in [1.54, 1.807) is 7.11 Å². The summed E-state index contributed by atoms with van der Waals surface area (Å²) < 4.78 is 5.25. The maximum atomic E-state index is 12.6. The largest absolute Gasteiger partial charge is 0.497 e. The van der Waals surface area contributed by atoms with Crippen molar-refractivity contribution in [3.63, 3.8) is 0 Å². The van der Waals surface area contributed by atoms with Crippen LogP contribution in [0.3, 0.4) is 0 Å². The van der Waals surface area contributed by atoms with Gasteiger partial charge in [-0.2, -0.15) is 0 Å². The van der Waals surface area contributed by atoms with Gasteiger partial charge in [0, 0.05) is 18.7 Å². The summed E-state index contributed by atoms with van der Waals surface area (Å²) in [4.78, 5) is 14.5. The number of nitrogens with zero attached hydrogens (tertiary/aromatic N) is 1. The zero-order valence-corrected chi connectivity index (χ0v) is 15.9. The molecule has 2 aromatic carbocycles. The van der Waals surface area contributed by atoms with E-state index >= 15 is 0 Å². The molecule has 2 aromatic rings. The predicted octanol–water partition coefficient (Wildman–Crippen LogP) is 5.29. The first kappa shape index (κ1) is 19.3. The normalized spacial score (nSPS) is 11.8. The lowest BCUT2D eigenvalue weighted by Gasteiger charge is -2.21. The van der Waals surface area contributed by atoms with Crippen molar-refractivity contribution in [2.75, 3.05) is 20.2 Å². The zero-order chi connectivity index (χ0) is 18.2. The third-order valence-corrected chi connectivity index (χ3v) is 4.79. The third-order valence-electron chi connectivity index (χ3n) is 4.29. The number of unbranched alkanes of at least 4 members (excludes halogenated alkanes) is 1. The van der Waals surface area contributed by atoms with Crippen LogP contribution in [0.4, 0.5) is 0 Å². The first-order chi connectivity index (χ1) is 12.1. The highest BCUT2D eigenvalue weighted by Crippen LogP contribution is 2.31. The lowest BCUT2D eigenvalue weighted by atomic mass is 10.0. The van der Waals surface area contributed by atoms with Gasteiger partial charge in [0.2, 0.25) is 0 Å². The van der Waals surface area contributed by atoms with Crippen molar-refractivity contribution in [2.45, 2.75) is 32.1 Å². The molecular weight excluding hydrogens is 334 g/mol. The Morgan fingerprint density at radius 1 is 1.12 bits per heavy atom. The molecule has 3 nitrogen and oxygen atoms in total. The summed E-state index contributed by atoms with van der Waals surface area (Å²) in [7, 11) is 1.64. The zero-order valence-electron chi connectivity index (χ0n) is 15.2. The Bertz CT molecular complexity index is 685. The Morgan fingerprint density at radius 2 is 1.84 bits per heavy atom. The minimum Gasteiger partial charge on any atom is -0.497 e. The smallest absolute Gasteiger partial charge is 0.253 e. The number of carbonyl (C=O) groups excluding carboxylic acids is 1. The molecule has 25 heavy (non-hydrogen) atoms. The van der Waals surface area contributed by atoms with E-state index in [2.05, 4.69) is 6.92 Å². The number of ether oxygens (including phenoxy) is 1. The first-order valence-electron chi connectivity index (χ1n) is 8.78. The highest BCUT2D eigenvalue weighted by Gasteiger charge is 2.16. The van der Waals surface area contributed by atoms with E-state index in [1.807, 2.05) is 60.4 Å². The Hall–Kier alpha value is -2.00. The van der Waals surface area contributed by atoms with Gasteiger partial charge in [-0.3, -0.25) is 4.79 Å². The maximum absolute atomic E-state index is 12.6. The van der Waals surface area contributed by atoms with E-state index < -0.39 is 0 Å². The Labute approximate surface area is 155 Å². The molecule has 0 aliphatic rings. The number of rotatable bonds is 8. The quantitative estimate of drug-likeness (QED) is 0.599. The lowest BCUT2D eigenvalue weighted by Crippen LogP contribution is -2.31. The number of hydrogen-bond donors (Lipinski definition) is 0. The molecule has 0 fully saturated rings. The molecule has 0 aliphatic carbocycles. The fourth-order valence-corrected chi connectivity index (χ4v) is 3.00. The van der Waals surface area contributed by atoms with Crippen molar-refractivity contribution in [3.8, 4) is 5.75 Å². The van der Waals surface area contributed by atoms with Gasteiger partial charge < -0.3 is 9.64 Å². The van der Waals surface area contributed by atoms with Crippen molar-refractivity contribution in [3.05, 3.63) is 65.2 Å². The molecule has 0 saturated carbocycles. The van der Waals surface area contributed by atoms with Gasteiger partial charge in [-0.1, -0.05) is 37.6 Å². The fraction of sp³-hybridized carbons (Fsp3) is 0.381. The van der Waals surface area contributed by atoms with Gasteiger partial charge in [0.25, 0.3) is 5.91 Å². The molecule has 0 N–H and O–H groups in total. The van der Waals surface area contributed by atoms with Crippen molar-refractivity contribution < 1.29 is 9.53 Å². The molecular formula is C21H26ClNO2. The van der Waals surface area contributed by atoms with E-state index in [0.29, 0.717) is 5.56 Å². The topological polar surface area (TPSA) is 29.5 Å². The van der Waals surface area contributed by atoms with Crippen LogP contribution in [0.2, 0.25) is 0 Å². The average Bonchev–Trinajstić information content (AvgIpc) is 2.68. The molecule has 2 rings (SSSR count). The van der Waals surface area contributed by atoms with Crippen LogP contribution < -0.4 is 4.74 Å². The predicted molar refractivity (Wildman–Crippen MR) is 104 cm³/mol. The van der Waals surface area contributed by atoms with Gasteiger partial charge in [0.05, 0.1) is 12.5 Å². The molecule has 0 heterocycles. The van der Waals surface area contributed by atoms with Crippen LogP contribution >= 0.6 is 11.6 Å². The molecule has 0 aliphatic heterocycles. The average molecular weight is 360 g/mol. The van der Waals surface area contributed by atoms with Gasteiger partial charge in [-0.25, -0.2) is 0 Å². The summed E-state index contributed by atoms with van der Waals surface area (Å²) in [5, 5.41) is -0.276. The van der Waals surface area contributed by atoms with E-state index in [9.17, 15) is 4.79 Å². The van der Waals surface area contributed by atoms with Gasteiger partial charge in [-0.05, 0) is 48.7 Å². The summed E-state index contributed by atoms with van der Waals surface area (Å²) in [5.74, 6) is 0.861. The minimum absolute atomic E-state index is 0.0787. The number of methoxy groups -OCH3 is 1. The lowest BCUT2D eigenvalue weighted by molar-refractivity contribution is 0.0762. The summed E-state index contributed by atoms with van der Waals surface area (Å²) in [6.07, 6.45) is 2.11. The van der Waals surface area contributed by atoms with Gasteiger partial charge in [-0.15, -0.1) is 11.6 Å². The van der Waals surface area contributed by atoms with Gasteiger partial charge in [0.1, 0.15) is 5.75 Å². The monoisotopic (exact) mass is 359 g/mol. The SMILES string of the molecule is CCCCN(CC)C(=O)c1ccc(C(Cl)c2cccc(OC)c2)cc1. The second-order valence-electron chi connectivity index (χ2n) is 6.00. The van der Waals surface area contributed by atoms with Crippen molar-refractivity contribution >= 4 is 17.5 Å². The summed E-state index contributed by atoms with van der Waals surface area (Å²) in [6.45, 7) is 5.67. The number of halogens is 1. The number of benzene rings is 2. The van der Waals surface area contributed by atoms with Crippen LogP contribution in [0.15, 0.2) is 48.5 Å². The summed E-state index contributed by atoms with van der Waals surface area (Å²) in [6, 6.07) is 15.3. The molecule has 4 heteroatoms. The number of alkyl halides is 1. The van der Waals surface area contributed by atoms with Crippen molar-refractivity contribution in [2.24, 2.45) is 0 Å². The molecule has 1 atom stereocenters. The highest BCUT2D eigenvalue weighted by molar-refractivity contribution is 6.22. The second kappa shape index (κ2) is 9.47. The number of amides is 1. The Morgan fingerprint density at radius 3 is 2.44 bits per heavy atom. The van der Waals surface area contributed by atoms with Gasteiger partial charge in [0.15, 0.2) is 0 Å². The van der Waals surface area contributed by atoms with E-state index in [1.165, 1.54) is 0 Å². The van der Waals surface area contributed by atoms with Crippen LogP contribution in [-0.2, 0) is 0 Å². The summed E-state index contributed by atoms with van der Waals surface area (Å²) >= 11 is 6.60. The number of hydrogen-bond acceptors (Lipinski definition) is 2. The molecule has 0 spiro atoms. The first-order valence-corrected chi connectivity index (χ1v) is 9.21. The van der Waals surface area contributed by atoms with Crippen LogP contribution in [0, 0.1) is 0 Å². The Balaban J connectivity index is 2.14. The molecule has 0 aromatic heterocycles. The molecule has 134 valence electrons. The number of carbonyl (C=O) groups is 1.